The normalized spacial score (nSPS) is 10.5. The van der Waals surface area contributed by atoms with Gasteiger partial charge in [0.25, 0.3) is 0 Å². The molecule has 0 amide bonds. The molecule has 70 valence electrons. The summed E-state index contributed by atoms with van der Waals surface area (Å²) in [4.78, 5) is 11.7. The first kappa shape index (κ1) is 10.5. The lowest BCUT2D eigenvalue weighted by molar-refractivity contribution is 0.0938. The highest BCUT2D eigenvalue weighted by atomic mass is 79.9. The van der Waals surface area contributed by atoms with Crippen molar-refractivity contribution in [1.82, 2.24) is 0 Å². The van der Waals surface area contributed by atoms with Crippen LogP contribution >= 0.6 is 15.9 Å². The highest BCUT2D eigenvalue weighted by Crippen LogP contribution is 2.18. The summed E-state index contributed by atoms with van der Waals surface area (Å²) >= 11 is 3.36. The molecule has 0 aliphatic carbocycles. The van der Waals surface area contributed by atoms with Crippen LogP contribution in [0.5, 0.6) is 0 Å². The van der Waals surface area contributed by atoms with Crippen molar-refractivity contribution in [2.75, 3.05) is 0 Å². The third-order valence-corrected chi connectivity index (χ3v) is 2.48. The predicted molar refractivity (Wildman–Crippen MR) is 58.0 cm³/mol. The highest BCUT2D eigenvalue weighted by Gasteiger charge is 2.12. The number of aryl methyl sites for hydroxylation is 1. The largest absolute Gasteiger partial charge is 0.294 e. The molecule has 0 bridgehead atoms. The van der Waals surface area contributed by atoms with E-state index in [9.17, 15) is 4.79 Å². The van der Waals surface area contributed by atoms with Gasteiger partial charge in [-0.05, 0) is 24.6 Å². The first-order chi connectivity index (χ1) is 6.02. The zero-order chi connectivity index (χ0) is 10.0. The molecule has 1 rings (SSSR count). The number of carbonyl (C=O) groups excluding carboxylic acids is 1. The summed E-state index contributed by atoms with van der Waals surface area (Å²) in [6.45, 7) is 5.80. The SMILES string of the molecule is Cc1ccc(Br)cc1C(=O)C(C)C. The van der Waals surface area contributed by atoms with Crippen LogP contribution in [0.2, 0.25) is 0 Å². The van der Waals surface area contributed by atoms with Crippen LogP contribution in [0.25, 0.3) is 0 Å². The van der Waals surface area contributed by atoms with Gasteiger partial charge in [0.05, 0.1) is 0 Å². The third-order valence-electron chi connectivity index (χ3n) is 1.99. The van der Waals surface area contributed by atoms with Crippen molar-refractivity contribution >= 4 is 21.7 Å². The number of Topliss-reactive ketones (excluding diaryl/α,β-unsaturated/α-hetero) is 1. The monoisotopic (exact) mass is 240 g/mol. The molecular weight excluding hydrogens is 228 g/mol. The van der Waals surface area contributed by atoms with Crippen LogP contribution in [0.3, 0.4) is 0 Å². The first-order valence-electron chi connectivity index (χ1n) is 4.32. The number of hydrogen-bond acceptors (Lipinski definition) is 1. The molecule has 0 spiro atoms. The Hall–Kier alpha value is -0.630. The fourth-order valence-electron chi connectivity index (χ4n) is 1.17. The number of rotatable bonds is 2. The molecule has 1 aromatic rings. The van der Waals surface area contributed by atoms with E-state index in [2.05, 4.69) is 15.9 Å². The van der Waals surface area contributed by atoms with Gasteiger partial charge < -0.3 is 0 Å². The second-order valence-corrected chi connectivity index (χ2v) is 4.39. The molecule has 2 heteroatoms. The van der Waals surface area contributed by atoms with Gasteiger partial charge in [-0.15, -0.1) is 0 Å². The number of hydrogen-bond donors (Lipinski definition) is 0. The Balaban J connectivity index is 3.13. The maximum absolute atomic E-state index is 11.7. The Morgan fingerprint density at radius 3 is 2.54 bits per heavy atom. The topological polar surface area (TPSA) is 17.1 Å². The van der Waals surface area contributed by atoms with Gasteiger partial charge in [-0.2, -0.15) is 0 Å². The van der Waals surface area contributed by atoms with Gasteiger partial charge in [-0.1, -0.05) is 35.8 Å². The van der Waals surface area contributed by atoms with E-state index in [1.165, 1.54) is 0 Å². The van der Waals surface area contributed by atoms with Gasteiger partial charge in [-0.25, -0.2) is 0 Å². The minimum absolute atomic E-state index is 0.0630. The van der Waals surface area contributed by atoms with Crippen molar-refractivity contribution in [2.24, 2.45) is 5.92 Å². The summed E-state index contributed by atoms with van der Waals surface area (Å²) in [6, 6.07) is 5.80. The average molecular weight is 241 g/mol. The summed E-state index contributed by atoms with van der Waals surface area (Å²) in [6.07, 6.45) is 0. The van der Waals surface area contributed by atoms with Crippen LogP contribution in [-0.2, 0) is 0 Å². The molecule has 0 atom stereocenters. The molecule has 1 nitrogen and oxygen atoms in total. The zero-order valence-corrected chi connectivity index (χ0v) is 9.68. The standard InChI is InChI=1S/C11H13BrO/c1-7(2)11(13)10-6-9(12)5-4-8(10)3/h4-7H,1-3H3. The lowest BCUT2D eigenvalue weighted by atomic mass is 9.97. The fourth-order valence-corrected chi connectivity index (χ4v) is 1.53. The molecule has 0 fully saturated rings. The van der Waals surface area contributed by atoms with Crippen molar-refractivity contribution in [3.63, 3.8) is 0 Å². The fraction of sp³-hybridized carbons (Fsp3) is 0.364. The Bertz CT molecular complexity index is 329. The van der Waals surface area contributed by atoms with Crippen molar-refractivity contribution in [3.8, 4) is 0 Å². The number of carbonyl (C=O) groups is 1. The van der Waals surface area contributed by atoms with E-state index in [0.717, 1.165) is 15.6 Å². The highest BCUT2D eigenvalue weighted by molar-refractivity contribution is 9.10. The zero-order valence-electron chi connectivity index (χ0n) is 8.10. The van der Waals surface area contributed by atoms with Crippen LogP contribution in [0.15, 0.2) is 22.7 Å². The van der Waals surface area contributed by atoms with E-state index in [0.29, 0.717) is 0 Å². The quantitative estimate of drug-likeness (QED) is 0.723. The van der Waals surface area contributed by atoms with Crippen LogP contribution in [-0.4, -0.2) is 5.78 Å². The summed E-state index contributed by atoms with van der Waals surface area (Å²) in [5, 5.41) is 0. The number of ketones is 1. The Labute approximate surface area is 87.3 Å². The van der Waals surface area contributed by atoms with E-state index < -0.39 is 0 Å². The van der Waals surface area contributed by atoms with Crippen molar-refractivity contribution in [2.45, 2.75) is 20.8 Å². The first-order valence-corrected chi connectivity index (χ1v) is 5.12. The van der Waals surface area contributed by atoms with Crippen LogP contribution < -0.4 is 0 Å². The lowest BCUT2D eigenvalue weighted by Crippen LogP contribution is -2.09. The molecule has 1 aromatic carbocycles. The lowest BCUT2D eigenvalue weighted by Gasteiger charge is -2.07. The molecule has 0 N–H and O–H groups in total. The summed E-state index contributed by atoms with van der Waals surface area (Å²) in [5.41, 5.74) is 1.87. The van der Waals surface area contributed by atoms with Crippen LogP contribution in [0.4, 0.5) is 0 Å². The maximum atomic E-state index is 11.7. The third kappa shape index (κ3) is 2.41. The predicted octanol–water partition coefficient (Wildman–Crippen LogP) is 3.60. The smallest absolute Gasteiger partial charge is 0.165 e. The van der Waals surface area contributed by atoms with Gasteiger partial charge >= 0.3 is 0 Å². The minimum Gasteiger partial charge on any atom is -0.294 e. The van der Waals surface area contributed by atoms with E-state index >= 15 is 0 Å². The molecular formula is C11H13BrO. The van der Waals surface area contributed by atoms with E-state index in [1.54, 1.807) is 0 Å². The molecule has 13 heavy (non-hydrogen) atoms. The van der Waals surface area contributed by atoms with Gasteiger partial charge in [-0.3, -0.25) is 4.79 Å². The molecule has 0 saturated carbocycles. The molecule has 0 radical (unpaired) electrons. The molecule has 0 heterocycles. The van der Waals surface area contributed by atoms with Gasteiger partial charge in [0.15, 0.2) is 5.78 Å². The van der Waals surface area contributed by atoms with Crippen LogP contribution in [0.1, 0.15) is 29.8 Å². The summed E-state index contributed by atoms with van der Waals surface area (Å²) in [7, 11) is 0. The van der Waals surface area contributed by atoms with E-state index in [-0.39, 0.29) is 11.7 Å². The van der Waals surface area contributed by atoms with Crippen molar-refractivity contribution in [3.05, 3.63) is 33.8 Å². The minimum atomic E-state index is 0.0630. The number of halogens is 1. The van der Waals surface area contributed by atoms with Gasteiger partial charge in [0.1, 0.15) is 0 Å². The molecule has 0 aliphatic heterocycles. The maximum Gasteiger partial charge on any atom is 0.165 e. The second kappa shape index (κ2) is 4.05. The summed E-state index contributed by atoms with van der Waals surface area (Å²) < 4.78 is 0.960. The van der Waals surface area contributed by atoms with Crippen molar-refractivity contribution in [1.29, 1.82) is 0 Å². The Kier molecular flexibility index (Phi) is 3.26. The summed E-state index contributed by atoms with van der Waals surface area (Å²) in [5.74, 6) is 0.270. The molecule has 0 aromatic heterocycles. The Morgan fingerprint density at radius 1 is 1.38 bits per heavy atom. The van der Waals surface area contributed by atoms with E-state index in [4.69, 9.17) is 0 Å². The number of benzene rings is 1. The van der Waals surface area contributed by atoms with Gasteiger partial charge in [0.2, 0.25) is 0 Å². The van der Waals surface area contributed by atoms with E-state index in [1.807, 2.05) is 39.0 Å². The molecule has 0 unspecified atom stereocenters. The molecule has 0 saturated heterocycles. The van der Waals surface area contributed by atoms with Gasteiger partial charge in [0, 0.05) is 16.0 Å². The van der Waals surface area contributed by atoms with Crippen molar-refractivity contribution < 1.29 is 4.79 Å². The average Bonchev–Trinajstić information content (AvgIpc) is 2.08. The molecule has 0 aliphatic rings. The van der Waals surface area contributed by atoms with Crippen LogP contribution in [0, 0.1) is 12.8 Å². The Morgan fingerprint density at radius 2 is 2.00 bits per heavy atom. The second-order valence-electron chi connectivity index (χ2n) is 3.48.